The number of hydrogen-bond acceptors (Lipinski definition) is 3. The van der Waals surface area contributed by atoms with Gasteiger partial charge in [-0.1, -0.05) is 41.5 Å². The molecule has 0 spiro atoms. The lowest BCUT2D eigenvalue weighted by atomic mass is 9.29. The van der Waals surface area contributed by atoms with E-state index in [-0.39, 0.29) is 16.3 Å². The average Bonchev–Trinajstić information content (AvgIpc) is 3.06. The van der Waals surface area contributed by atoms with E-state index in [4.69, 9.17) is 0 Å². The fourth-order valence-corrected chi connectivity index (χ4v) is 9.18. The summed E-state index contributed by atoms with van der Waals surface area (Å²) in [6, 6.07) is 23.4. The Morgan fingerprint density at radius 2 is 1.00 bits per heavy atom. The Morgan fingerprint density at radius 3 is 1.60 bits per heavy atom. The number of fused-ring (bicyclic) bond motifs is 10. The van der Waals surface area contributed by atoms with E-state index in [1.165, 1.54) is 59.1 Å². The molecule has 0 fully saturated rings. The molecule has 0 aliphatic carbocycles. The van der Waals surface area contributed by atoms with Crippen LogP contribution >= 0.6 is 11.8 Å². The zero-order valence-electron chi connectivity index (χ0n) is 24.0. The van der Waals surface area contributed by atoms with Crippen molar-refractivity contribution in [2.75, 3.05) is 9.80 Å². The molecular weight excluding hydrogens is 628 g/mol. The minimum atomic E-state index is -0.938. The van der Waals surface area contributed by atoms with Gasteiger partial charge in [0.05, 0.1) is 5.69 Å². The first-order valence-electron chi connectivity index (χ1n) is 14.9. The van der Waals surface area contributed by atoms with Crippen molar-refractivity contribution < 1.29 is 26.3 Å². The second-order valence-electron chi connectivity index (χ2n) is 12.0. The van der Waals surface area contributed by atoms with Gasteiger partial charge in [-0.3, -0.25) is 0 Å². The number of nitrogens with zero attached hydrogens (tertiary/aromatic N) is 2. The third kappa shape index (κ3) is 3.42. The first kappa shape index (κ1) is 27.1. The van der Waals surface area contributed by atoms with Crippen LogP contribution in [0.4, 0.5) is 60.5 Å². The van der Waals surface area contributed by atoms with Gasteiger partial charge in [-0.15, -0.1) is 0 Å². The summed E-state index contributed by atoms with van der Waals surface area (Å²) in [5.41, 5.74) is 4.29. The number of anilines is 6. The average molecular weight is 644 g/mol. The fourth-order valence-electron chi connectivity index (χ4n) is 8.00. The van der Waals surface area contributed by atoms with Crippen molar-refractivity contribution >= 4 is 92.1 Å². The van der Waals surface area contributed by atoms with Crippen LogP contribution in [0.25, 0.3) is 0 Å². The molecule has 10 rings (SSSR count). The Hall–Kier alpha value is -5.02. The summed E-state index contributed by atoms with van der Waals surface area (Å²) in [6.07, 6.45) is 0. The Kier molecular flexibility index (Phi) is 5.36. The fraction of sp³-hybridized carbons (Fsp3) is 0. The molecule has 11 heteroatoms. The quantitative estimate of drug-likeness (QED) is 0.163. The summed E-state index contributed by atoms with van der Waals surface area (Å²) in [5, 5.41) is 0. The number of hydrogen-bond donors (Lipinski definition) is 0. The Balaban J connectivity index is 1.43. The molecule has 4 aliphatic heterocycles. The van der Waals surface area contributed by atoms with Crippen molar-refractivity contribution in [3.63, 3.8) is 0 Å². The standard InChI is InChI=1S/C36H16B2F6N2S/c39-17-8-11-26-21(14-17)37-20-4-1-2-7-29(20)47-36-31(37)34-30-35(32(36)44)46(33-24(42)5-3-6-25(33)43)28-13-10-19(41)16-23(28)38(30)22-15-18(40)9-12-27(22)45(26)34/h1-16H. The summed E-state index contributed by atoms with van der Waals surface area (Å²) in [7, 11) is 0. The van der Waals surface area contributed by atoms with Crippen molar-refractivity contribution in [2.45, 2.75) is 9.79 Å². The van der Waals surface area contributed by atoms with Gasteiger partial charge in [0.15, 0.2) is 5.82 Å². The van der Waals surface area contributed by atoms with E-state index in [1.54, 1.807) is 12.1 Å². The van der Waals surface area contributed by atoms with Gasteiger partial charge in [0.1, 0.15) is 34.8 Å². The molecule has 6 aromatic carbocycles. The maximum Gasteiger partial charge on any atom is 0.252 e. The Bertz CT molecular complexity index is 2400. The van der Waals surface area contributed by atoms with Crippen LogP contribution in [-0.2, 0) is 0 Å². The van der Waals surface area contributed by atoms with Crippen molar-refractivity contribution in [1.29, 1.82) is 0 Å². The van der Waals surface area contributed by atoms with E-state index in [2.05, 4.69) is 0 Å². The molecule has 0 unspecified atom stereocenters. The van der Waals surface area contributed by atoms with E-state index in [0.29, 0.717) is 44.4 Å². The number of rotatable bonds is 1. The van der Waals surface area contributed by atoms with Crippen LogP contribution in [0.1, 0.15) is 0 Å². The van der Waals surface area contributed by atoms with Gasteiger partial charge in [-0.05, 0) is 100 Å². The molecule has 4 heterocycles. The zero-order valence-corrected chi connectivity index (χ0v) is 24.8. The van der Waals surface area contributed by atoms with Crippen molar-refractivity contribution in [1.82, 2.24) is 0 Å². The third-order valence-corrected chi connectivity index (χ3v) is 10.9. The SMILES string of the molecule is Fc1ccc2c(c1)B1c3ccccc3Sc3c(F)c4c5c(c31)N2c1ccc(F)cc1B5c1cc(F)ccc1N4c1c(F)cccc1F. The third-order valence-electron chi connectivity index (χ3n) is 9.67. The number of benzene rings is 6. The van der Waals surface area contributed by atoms with E-state index >= 15 is 26.3 Å². The molecule has 0 aromatic heterocycles. The van der Waals surface area contributed by atoms with Gasteiger partial charge in [0.25, 0.3) is 6.71 Å². The zero-order chi connectivity index (χ0) is 31.9. The maximum absolute atomic E-state index is 17.7. The highest BCUT2D eigenvalue weighted by Crippen LogP contribution is 2.50. The lowest BCUT2D eigenvalue weighted by Gasteiger charge is -2.49. The molecular formula is C36H16B2F6N2S. The molecule has 47 heavy (non-hydrogen) atoms. The highest BCUT2D eigenvalue weighted by atomic mass is 32.2. The van der Waals surface area contributed by atoms with Crippen LogP contribution in [-0.4, -0.2) is 13.4 Å². The molecule has 6 aromatic rings. The molecule has 0 N–H and O–H groups in total. The molecule has 2 nitrogen and oxygen atoms in total. The van der Waals surface area contributed by atoms with E-state index in [0.717, 1.165) is 28.6 Å². The number of para-hydroxylation sites is 1. The lowest BCUT2D eigenvalue weighted by Crippen LogP contribution is -2.68. The van der Waals surface area contributed by atoms with Gasteiger partial charge >= 0.3 is 0 Å². The normalized spacial score (nSPS) is 14.3. The van der Waals surface area contributed by atoms with Crippen molar-refractivity contribution in [3.8, 4) is 0 Å². The molecule has 0 atom stereocenters. The molecule has 0 bridgehead atoms. The van der Waals surface area contributed by atoms with Crippen LogP contribution < -0.4 is 42.6 Å². The number of halogens is 6. The van der Waals surface area contributed by atoms with Gasteiger partial charge in [0.2, 0.25) is 6.71 Å². The molecule has 0 radical (unpaired) electrons. The first-order chi connectivity index (χ1) is 22.8. The first-order valence-corrected chi connectivity index (χ1v) is 15.7. The summed E-state index contributed by atoms with van der Waals surface area (Å²) < 4.78 is 94.7. The maximum atomic E-state index is 17.7. The summed E-state index contributed by atoms with van der Waals surface area (Å²) >= 11 is 1.20. The predicted molar refractivity (Wildman–Crippen MR) is 175 cm³/mol. The van der Waals surface area contributed by atoms with Crippen LogP contribution in [0.2, 0.25) is 0 Å². The summed E-state index contributed by atoms with van der Waals surface area (Å²) in [6.45, 7) is -1.49. The summed E-state index contributed by atoms with van der Waals surface area (Å²) in [4.78, 5) is 4.05. The lowest BCUT2D eigenvalue weighted by molar-refractivity contribution is 0.580. The minimum Gasteiger partial charge on any atom is -0.312 e. The smallest absolute Gasteiger partial charge is 0.252 e. The minimum absolute atomic E-state index is 0.108. The monoisotopic (exact) mass is 644 g/mol. The van der Waals surface area contributed by atoms with E-state index in [1.807, 2.05) is 29.2 Å². The van der Waals surface area contributed by atoms with Crippen molar-refractivity contribution in [3.05, 3.63) is 132 Å². The second kappa shape index (κ2) is 9.29. The highest BCUT2D eigenvalue weighted by Gasteiger charge is 2.52. The largest absolute Gasteiger partial charge is 0.312 e. The Labute approximate surface area is 269 Å². The van der Waals surface area contributed by atoms with E-state index in [9.17, 15) is 0 Å². The van der Waals surface area contributed by atoms with Gasteiger partial charge in [0, 0.05) is 32.5 Å². The molecule has 224 valence electrons. The topological polar surface area (TPSA) is 6.48 Å². The molecule has 0 saturated heterocycles. The van der Waals surface area contributed by atoms with Crippen molar-refractivity contribution in [2.24, 2.45) is 0 Å². The second-order valence-corrected chi connectivity index (χ2v) is 13.1. The molecule has 0 amide bonds. The molecule has 4 aliphatic rings. The van der Waals surface area contributed by atoms with Crippen LogP contribution in [0.3, 0.4) is 0 Å². The molecule has 0 saturated carbocycles. The van der Waals surface area contributed by atoms with Gasteiger partial charge in [-0.2, -0.15) is 0 Å². The summed E-state index contributed by atoms with van der Waals surface area (Å²) in [5.74, 6) is -4.25. The van der Waals surface area contributed by atoms with Gasteiger partial charge < -0.3 is 9.80 Å². The predicted octanol–water partition coefficient (Wildman–Crippen LogP) is 5.90. The Morgan fingerprint density at radius 1 is 0.468 bits per heavy atom. The van der Waals surface area contributed by atoms with E-state index < -0.39 is 54.0 Å². The van der Waals surface area contributed by atoms with Gasteiger partial charge in [-0.25, -0.2) is 26.3 Å². The highest BCUT2D eigenvalue weighted by molar-refractivity contribution is 8.00. The van der Waals surface area contributed by atoms with Crippen LogP contribution in [0.5, 0.6) is 0 Å². The van der Waals surface area contributed by atoms with Crippen LogP contribution in [0, 0.1) is 34.9 Å². The van der Waals surface area contributed by atoms with Crippen LogP contribution in [0.15, 0.2) is 107 Å².